The molecule has 0 unspecified atom stereocenters. The number of hydrogen-bond donors (Lipinski definition) is 2. The molecule has 0 saturated carbocycles. The Morgan fingerprint density at radius 3 is 2.67 bits per heavy atom. The van der Waals surface area contributed by atoms with E-state index in [0.29, 0.717) is 18.0 Å². The molecule has 1 aromatic heterocycles. The summed E-state index contributed by atoms with van der Waals surface area (Å²) >= 11 is 1.40. The lowest BCUT2D eigenvalue weighted by atomic mass is 10.1. The number of aryl methyl sites for hydroxylation is 1. The quantitative estimate of drug-likeness (QED) is 0.790. The second-order valence-corrected chi connectivity index (χ2v) is 5.87. The van der Waals surface area contributed by atoms with Crippen LogP contribution in [0, 0.1) is 18.8 Å². The second-order valence-electron chi connectivity index (χ2n) is 4.82. The highest BCUT2D eigenvalue weighted by molar-refractivity contribution is 7.14. The van der Waals surface area contributed by atoms with Crippen LogP contribution in [0.4, 0.5) is 0 Å². The van der Waals surface area contributed by atoms with Gasteiger partial charge in [0.2, 0.25) is 0 Å². The van der Waals surface area contributed by atoms with E-state index in [0.717, 1.165) is 23.3 Å². The van der Waals surface area contributed by atoms with Crippen molar-refractivity contribution >= 4 is 17.2 Å². The van der Waals surface area contributed by atoms with E-state index in [1.54, 1.807) is 4.90 Å². The number of aliphatic hydroxyl groups excluding tert-OH is 1. The van der Waals surface area contributed by atoms with Crippen LogP contribution in [-0.4, -0.2) is 41.7 Å². The molecule has 21 heavy (non-hydrogen) atoms. The van der Waals surface area contributed by atoms with E-state index in [-0.39, 0.29) is 18.6 Å². The zero-order chi connectivity index (χ0) is 15.8. The summed E-state index contributed by atoms with van der Waals surface area (Å²) in [6.07, 6.45) is 1.76. The molecular formula is C16H24N2O2S. The maximum Gasteiger partial charge on any atom is 0.264 e. The van der Waals surface area contributed by atoms with Crippen molar-refractivity contribution in [2.45, 2.75) is 39.7 Å². The number of nitrogens with two attached hydrogens (primary N) is 1. The first kappa shape index (κ1) is 17.7. The predicted molar refractivity (Wildman–Crippen MR) is 87.5 cm³/mol. The Labute approximate surface area is 131 Å². The molecule has 1 rings (SSSR count). The lowest BCUT2D eigenvalue weighted by Crippen LogP contribution is -2.41. The molecule has 0 aliphatic carbocycles. The van der Waals surface area contributed by atoms with Crippen molar-refractivity contribution in [3.05, 3.63) is 21.4 Å². The number of amides is 1. The molecular weight excluding hydrogens is 284 g/mol. The van der Waals surface area contributed by atoms with Crippen molar-refractivity contribution in [1.29, 1.82) is 0 Å². The standard InChI is InChI=1S/C16H24N2O2S/c1-4-13(5-2)18(9-10-19)16(20)15-11-12(3)14(21-15)7-6-8-17/h11,13,19H,4-5,8-10,17H2,1-3H3. The molecule has 0 aliphatic rings. The van der Waals surface area contributed by atoms with E-state index < -0.39 is 0 Å². The van der Waals surface area contributed by atoms with Gasteiger partial charge < -0.3 is 15.7 Å². The average molecular weight is 308 g/mol. The number of nitrogens with zero attached hydrogens (tertiary/aromatic N) is 1. The van der Waals surface area contributed by atoms with Crippen LogP contribution in [0.5, 0.6) is 0 Å². The van der Waals surface area contributed by atoms with E-state index in [1.807, 2.05) is 13.0 Å². The molecule has 1 aromatic rings. The third-order valence-electron chi connectivity index (χ3n) is 3.42. The summed E-state index contributed by atoms with van der Waals surface area (Å²) in [5.74, 6) is 5.80. The van der Waals surface area contributed by atoms with Crippen molar-refractivity contribution in [1.82, 2.24) is 4.90 Å². The molecule has 0 aromatic carbocycles. The van der Waals surface area contributed by atoms with E-state index in [1.165, 1.54) is 11.3 Å². The molecule has 0 spiro atoms. The minimum Gasteiger partial charge on any atom is -0.395 e. The van der Waals surface area contributed by atoms with Gasteiger partial charge in [0.25, 0.3) is 5.91 Å². The fraction of sp³-hybridized carbons (Fsp3) is 0.562. The topological polar surface area (TPSA) is 66.6 Å². The number of carbonyl (C=O) groups is 1. The van der Waals surface area contributed by atoms with Gasteiger partial charge in [0, 0.05) is 12.6 Å². The lowest BCUT2D eigenvalue weighted by Gasteiger charge is -2.29. The van der Waals surface area contributed by atoms with Crippen LogP contribution in [0.15, 0.2) is 6.07 Å². The van der Waals surface area contributed by atoms with Crippen molar-refractivity contribution in [2.75, 3.05) is 19.7 Å². The minimum atomic E-state index is -0.0216. The van der Waals surface area contributed by atoms with Gasteiger partial charge in [-0.05, 0) is 31.4 Å². The fourth-order valence-corrected chi connectivity index (χ4v) is 3.27. The van der Waals surface area contributed by atoms with E-state index >= 15 is 0 Å². The van der Waals surface area contributed by atoms with Crippen LogP contribution in [0.1, 0.15) is 46.8 Å². The molecule has 5 heteroatoms. The Hall–Kier alpha value is -1.35. The summed E-state index contributed by atoms with van der Waals surface area (Å²) in [4.78, 5) is 16.0. The molecule has 116 valence electrons. The highest BCUT2D eigenvalue weighted by Crippen LogP contribution is 2.24. The third kappa shape index (κ3) is 4.57. The Morgan fingerprint density at radius 1 is 1.48 bits per heavy atom. The number of carbonyl (C=O) groups excluding carboxylic acids is 1. The van der Waals surface area contributed by atoms with Crippen molar-refractivity contribution in [3.8, 4) is 11.8 Å². The van der Waals surface area contributed by atoms with Crippen LogP contribution < -0.4 is 5.73 Å². The summed E-state index contributed by atoms with van der Waals surface area (Å²) in [6, 6.07) is 2.03. The molecule has 0 aliphatic heterocycles. The van der Waals surface area contributed by atoms with Gasteiger partial charge in [-0.25, -0.2) is 0 Å². The van der Waals surface area contributed by atoms with E-state index in [4.69, 9.17) is 5.73 Å². The van der Waals surface area contributed by atoms with Crippen LogP contribution in [0.3, 0.4) is 0 Å². The summed E-state index contributed by atoms with van der Waals surface area (Å²) < 4.78 is 0. The van der Waals surface area contributed by atoms with Gasteiger partial charge in [0.15, 0.2) is 0 Å². The first-order valence-electron chi connectivity index (χ1n) is 7.30. The first-order chi connectivity index (χ1) is 10.1. The number of rotatable bonds is 6. The van der Waals surface area contributed by atoms with Gasteiger partial charge in [-0.3, -0.25) is 4.79 Å². The van der Waals surface area contributed by atoms with Crippen LogP contribution >= 0.6 is 11.3 Å². The zero-order valence-corrected chi connectivity index (χ0v) is 13.8. The maximum absolute atomic E-state index is 12.7. The lowest BCUT2D eigenvalue weighted by molar-refractivity contribution is 0.0627. The fourth-order valence-electron chi connectivity index (χ4n) is 2.27. The highest BCUT2D eigenvalue weighted by Gasteiger charge is 2.23. The Balaban J connectivity index is 3.03. The molecule has 0 saturated heterocycles. The van der Waals surface area contributed by atoms with Crippen LogP contribution in [0.25, 0.3) is 0 Å². The van der Waals surface area contributed by atoms with Gasteiger partial charge in [0.05, 0.1) is 22.9 Å². The minimum absolute atomic E-state index is 0.0214. The molecule has 0 bridgehead atoms. The van der Waals surface area contributed by atoms with Gasteiger partial charge >= 0.3 is 0 Å². The first-order valence-corrected chi connectivity index (χ1v) is 8.11. The molecule has 4 nitrogen and oxygen atoms in total. The summed E-state index contributed by atoms with van der Waals surface area (Å²) in [6.45, 7) is 6.72. The van der Waals surface area contributed by atoms with Gasteiger partial charge in [0.1, 0.15) is 0 Å². The number of thiophene rings is 1. The van der Waals surface area contributed by atoms with Crippen molar-refractivity contribution in [2.24, 2.45) is 5.73 Å². The maximum atomic E-state index is 12.7. The Bertz CT molecular complexity index is 524. The smallest absolute Gasteiger partial charge is 0.264 e. The van der Waals surface area contributed by atoms with Gasteiger partial charge in [-0.1, -0.05) is 25.7 Å². The van der Waals surface area contributed by atoms with E-state index in [9.17, 15) is 9.90 Å². The van der Waals surface area contributed by atoms with Crippen molar-refractivity contribution in [3.63, 3.8) is 0 Å². The molecule has 0 atom stereocenters. The highest BCUT2D eigenvalue weighted by atomic mass is 32.1. The normalized spacial score (nSPS) is 10.4. The predicted octanol–water partition coefficient (Wildman–Crippen LogP) is 1.99. The summed E-state index contributed by atoms with van der Waals surface area (Å²) in [7, 11) is 0. The summed E-state index contributed by atoms with van der Waals surface area (Å²) in [5, 5.41) is 9.22. The largest absolute Gasteiger partial charge is 0.395 e. The van der Waals surface area contributed by atoms with Crippen LogP contribution in [-0.2, 0) is 0 Å². The second kappa shape index (κ2) is 8.83. The van der Waals surface area contributed by atoms with E-state index in [2.05, 4.69) is 25.7 Å². The zero-order valence-electron chi connectivity index (χ0n) is 13.0. The SMILES string of the molecule is CCC(CC)N(CCO)C(=O)c1cc(C)c(C#CCN)s1. The number of aliphatic hydroxyl groups is 1. The molecule has 0 radical (unpaired) electrons. The molecule has 1 amide bonds. The molecule has 1 heterocycles. The third-order valence-corrected chi connectivity index (χ3v) is 4.56. The number of hydrogen-bond acceptors (Lipinski definition) is 4. The Kier molecular flexibility index (Phi) is 7.44. The Morgan fingerprint density at radius 2 is 2.14 bits per heavy atom. The van der Waals surface area contributed by atoms with Crippen LogP contribution in [0.2, 0.25) is 0 Å². The molecule has 3 N–H and O–H groups in total. The molecule has 0 fully saturated rings. The van der Waals surface area contributed by atoms with Gasteiger partial charge in [-0.2, -0.15) is 0 Å². The monoisotopic (exact) mass is 308 g/mol. The van der Waals surface area contributed by atoms with Gasteiger partial charge in [-0.15, -0.1) is 11.3 Å². The average Bonchev–Trinajstić information content (AvgIpc) is 2.85. The summed E-state index contributed by atoms with van der Waals surface area (Å²) in [5.41, 5.74) is 6.38. The van der Waals surface area contributed by atoms with Crippen molar-refractivity contribution < 1.29 is 9.90 Å².